The Morgan fingerprint density at radius 3 is 2.60 bits per heavy atom. The molecule has 1 aliphatic rings. The summed E-state index contributed by atoms with van der Waals surface area (Å²) in [6, 6.07) is 9.79. The predicted molar refractivity (Wildman–Crippen MR) is 147 cm³/mol. The van der Waals surface area contributed by atoms with E-state index < -0.39 is 21.5 Å². The number of nitrogens with zero attached hydrogens (tertiary/aromatic N) is 6. The summed E-state index contributed by atoms with van der Waals surface area (Å²) in [7, 11) is -1.88. The average Bonchev–Trinajstić information content (AvgIpc) is 3.31. The fourth-order valence-corrected chi connectivity index (χ4v) is 5.96. The van der Waals surface area contributed by atoms with Gasteiger partial charge in [0.05, 0.1) is 29.3 Å². The lowest BCUT2D eigenvalue weighted by Crippen LogP contribution is -2.47. The number of fused-ring (bicyclic) bond motifs is 1. The van der Waals surface area contributed by atoms with Crippen LogP contribution >= 0.6 is 0 Å². The number of nitrogens with one attached hydrogen (secondary N) is 1. The van der Waals surface area contributed by atoms with Gasteiger partial charge in [0, 0.05) is 32.4 Å². The molecule has 3 N–H and O–H groups in total. The van der Waals surface area contributed by atoms with Crippen LogP contribution in [0.5, 0.6) is 5.75 Å². The van der Waals surface area contributed by atoms with E-state index in [1.807, 2.05) is 14.0 Å². The first-order chi connectivity index (χ1) is 19.2. The Bertz CT molecular complexity index is 1710. The summed E-state index contributed by atoms with van der Waals surface area (Å²) in [5.74, 6) is -0.496. The van der Waals surface area contributed by atoms with E-state index in [-0.39, 0.29) is 39.6 Å². The normalized spacial score (nSPS) is 14.9. The second-order valence-electron chi connectivity index (χ2n) is 9.52. The molecular formula is C26H30N8O5S. The summed E-state index contributed by atoms with van der Waals surface area (Å²) in [6.45, 7) is 4.37. The number of aromatic nitrogens is 5. The Balaban J connectivity index is 1.64. The molecule has 0 saturated carbocycles. The minimum absolute atomic E-state index is 0.00375. The Kier molecular flexibility index (Phi) is 7.65. The lowest BCUT2D eigenvalue weighted by molar-refractivity contribution is 0.0996. The molecule has 1 fully saturated rings. The zero-order valence-corrected chi connectivity index (χ0v) is 23.0. The number of piperazine rings is 1. The summed E-state index contributed by atoms with van der Waals surface area (Å²) < 4.78 is 35.6. The molecule has 0 atom stereocenters. The molecule has 0 unspecified atom stereocenters. The summed E-state index contributed by atoms with van der Waals surface area (Å²) in [6.07, 6.45) is 2.31. The van der Waals surface area contributed by atoms with Gasteiger partial charge in [0.2, 0.25) is 10.0 Å². The number of hydrogen-bond donors (Lipinski definition) is 2. The number of hydrogen-bond acceptors (Lipinski definition) is 9. The fourth-order valence-electron chi connectivity index (χ4n) is 4.51. The minimum Gasteiger partial charge on any atom is -0.493 e. The number of benzene rings is 1. The van der Waals surface area contributed by atoms with E-state index in [1.54, 1.807) is 30.5 Å². The van der Waals surface area contributed by atoms with Crippen LogP contribution in [0.25, 0.3) is 22.4 Å². The van der Waals surface area contributed by atoms with Crippen LogP contribution in [0.2, 0.25) is 0 Å². The first-order valence-corrected chi connectivity index (χ1v) is 14.3. The predicted octanol–water partition coefficient (Wildman–Crippen LogP) is 1.05. The van der Waals surface area contributed by atoms with Gasteiger partial charge in [-0.05, 0) is 43.8 Å². The van der Waals surface area contributed by atoms with E-state index in [0.717, 1.165) is 0 Å². The van der Waals surface area contributed by atoms with Crippen LogP contribution in [0.3, 0.4) is 0 Å². The third-order valence-electron chi connectivity index (χ3n) is 6.64. The van der Waals surface area contributed by atoms with Crippen molar-refractivity contribution in [2.45, 2.75) is 24.8 Å². The topological polar surface area (TPSA) is 169 Å². The number of rotatable bonds is 9. The lowest BCUT2D eigenvalue weighted by atomic mass is 10.1. The van der Waals surface area contributed by atoms with Crippen LogP contribution in [-0.4, -0.2) is 88.1 Å². The molecule has 3 aromatic heterocycles. The highest BCUT2D eigenvalue weighted by molar-refractivity contribution is 7.89. The van der Waals surface area contributed by atoms with Crippen molar-refractivity contribution in [2.75, 3.05) is 39.8 Å². The van der Waals surface area contributed by atoms with Crippen molar-refractivity contribution in [2.24, 2.45) is 5.73 Å². The molecule has 1 aliphatic heterocycles. The van der Waals surface area contributed by atoms with E-state index in [9.17, 15) is 18.0 Å². The molecule has 0 bridgehead atoms. The van der Waals surface area contributed by atoms with E-state index in [4.69, 9.17) is 10.5 Å². The molecule has 0 aliphatic carbocycles. The molecule has 4 heterocycles. The fraction of sp³-hybridized carbons (Fsp3) is 0.346. The van der Waals surface area contributed by atoms with Crippen LogP contribution in [0.4, 0.5) is 0 Å². The van der Waals surface area contributed by atoms with E-state index in [2.05, 4.69) is 25.0 Å². The number of sulfonamides is 1. The van der Waals surface area contributed by atoms with Crippen LogP contribution in [-0.2, 0) is 16.6 Å². The molecule has 5 rings (SSSR count). The van der Waals surface area contributed by atoms with Crippen molar-refractivity contribution in [3.63, 3.8) is 0 Å². The van der Waals surface area contributed by atoms with Crippen molar-refractivity contribution < 1.29 is 17.9 Å². The maximum absolute atomic E-state index is 13.5. The highest BCUT2D eigenvalue weighted by Crippen LogP contribution is 2.32. The molecule has 4 aromatic rings. The Labute approximate surface area is 230 Å². The molecule has 1 amide bonds. The van der Waals surface area contributed by atoms with Gasteiger partial charge in [-0.3, -0.25) is 19.3 Å². The Hall–Kier alpha value is -4.14. The molecule has 1 saturated heterocycles. The summed E-state index contributed by atoms with van der Waals surface area (Å²) in [5.41, 5.74) is 5.75. The quantitative estimate of drug-likeness (QED) is 0.301. The van der Waals surface area contributed by atoms with Crippen molar-refractivity contribution in [3.05, 3.63) is 64.3 Å². The monoisotopic (exact) mass is 566 g/mol. The van der Waals surface area contributed by atoms with Crippen LogP contribution in [0.1, 0.15) is 29.5 Å². The number of carbonyl (C=O) groups excluding carboxylic acids is 1. The van der Waals surface area contributed by atoms with Gasteiger partial charge in [-0.25, -0.2) is 13.4 Å². The van der Waals surface area contributed by atoms with Crippen molar-refractivity contribution in [1.29, 1.82) is 0 Å². The molecule has 0 spiro atoms. The van der Waals surface area contributed by atoms with Crippen LogP contribution < -0.4 is 16.0 Å². The standard InChI is InChI=1S/C26H30N8O5S/c1-3-14-39-20-8-7-18(40(37,38)33-12-10-32(2)11-13-33)15-19(20)25-29-21-22(24(27)35)31-34(23(21)26(36)30-25)16-17-6-4-5-9-28-17/h4-9,15H,3,10-14,16H2,1-2H3,(H2,27,35)(H,29,30,36). The number of ether oxygens (including phenoxy) is 1. The van der Waals surface area contributed by atoms with Gasteiger partial charge in [0.1, 0.15) is 17.1 Å². The lowest BCUT2D eigenvalue weighted by Gasteiger charge is -2.31. The van der Waals surface area contributed by atoms with Crippen molar-refractivity contribution in [1.82, 2.24) is 33.9 Å². The molecule has 40 heavy (non-hydrogen) atoms. The van der Waals surface area contributed by atoms with Crippen molar-refractivity contribution in [3.8, 4) is 17.1 Å². The Morgan fingerprint density at radius 1 is 1.15 bits per heavy atom. The molecule has 210 valence electrons. The van der Waals surface area contributed by atoms with Gasteiger partial charge in [-0.1, -0.05) is 13.0 Å². The van der Waals surface area contributed by atoms with Crippen LogP contribution in [0.15, 0.2) is 52.3 Å². The number of carbonyl (C=O) groups is 1. The van der Waals surface area contributed by atoms with Gasteiger partial charge in [-0.15, -0.1) is 0 Å². The molecule has 0 radical (unpaired) electrons. The molecular weight excluding hydrogens is 536 g/mol. The second kappa shape index (κ2) is 11.2. The third-order valence-corrected chi connectivity index (χ3v) is 8.53. The van der Waals surface area contributed by atoms with Gasteiger partial charge in [-0.2, -0.15) is 9.40 Å². The summed E-state index contributed by atoms with van der Waals surface area (Å²) >= 11 is 0. The number of amides is 1. The summed E-state index contributed by atoms with van der Waals surface area (Å²) in [4.78, 5) is 39.3. The van der Waals surface area contributed by atoms with E-state index >= 15 is 0 Å². The van der Waals surface area contributed by atoms with E-state index in [1.165, 1.54) is 21.1 Å². The number of likely N-dealkylation sites (N-methyl/N-ethyl adjacent to an activating group) is 1. The smallest absolute Gasteiger partial charge is 0.277 e. The Morgan fingerprint density at radius 2 is 1.93 bits per heavy atom. The maximum atomic E-state index is 13.5. The average molecular weight is 567 g/mol. The molecule has 1 aromatic carbocycles. The molecule has 14 heteroatoms. The first kappa shape index (κ1) is 27.4. The largest absolute Gasteiger partial charge is 0.493 e. The van der Waals surface area contributed by atoms with Gasteiger partial charge < -0.3 is 20.4 Å². The van der Waals surface area contributed by atoms with Crippen LogP contribution in [0, 0.1) is 0 Å². The maximum Gasteiger partial charge on any atom is 0.277 e. The highest BCUT2D eigenvalue weighted by atomic mass is 32.2. The molecule has 13 nitrogen and oxygen atoms in total. The number of pyridine rings is 1. The first-order valence-electron chi connectivity index (χ1n) is 12.9. The number of nitrogens with two attached hydrogens (primary N) is 1. The zero-order chi connectivity index (χ0) is 28.4. The highest BCUT2D eigenvalue weighted by Gasteiger charge is 2.29. The van der Waals surface area contributed by atoms with E-state index in [0.29, 0.717) is 50.7 Å². The zero-order valence-electron chi connectivity index (χ0n) is 22.2. The van der Waals surface area contributed by atoms with Crippen molar-refractivity contribution >= 4 is 27.0 Å². The number of primary amides is 1. The van der Waals surface area contributed by atoms with Gasteiger partial charge in [0.25, 0.3) is 11.5 Å². The third kappa shape index (κ3) is 5.33. The van der Waals surface area contributed by atoms with Gasteiger partial charge >= 0.3 is 0 Å². The number of aromatic amines is 1. The minimum atomic E-state index is -3.82. The summed E-state index contributed by atoms with van der Waals surface area (Å²) in [5, 5.41) is 4.26. The second-order valence-corrected chi connectivity index (χ2v) is 11.5. The van der Waals surface area contributed by atoms with Gasteiger partial charge in [0.15, 0.2) is 11.2 Å². The number of H-pyrrole nitrogens is 1. The SMILES string of the molecule is CCCOc1ccc(S(=O)(=O)N2CCN(C)CC2)cc1-c1nc2c(C(N)=O)nn(Cc3ccccn3)c2c(=O)[nH]1.